The molecule has 2 aromatic rings. The van der Waals surface area contributed by atoms with Gasteiger partial charge in [0.05, 0.1) is 57.6 Å². The lowest BCUT2D eigenvalue weighted by atomic mass is 9.80. The third-order valence-corrected chi connectivity index (χ3v) is 7.38. The highest BCUT2D eigenvalue weighted by molar-refractivity contribution is 7.39. The number of hydrogen-bond donors (Lipinski definition) is 7. The second-order valence-corrected chi connectivity index (χ2v) is 10.6. The number of ketones is 1. The predicted octanol–water partition coefficient (Wildman–Crippen LogP) is 5.34. The highest BCUT2D eigenvalue weighted by atomic mass is 31.2. The molecule has 1 amide bonds. The van der Waals surface area contributed by atoms with E-state index >= 15 is 0 Å². The van der Waals surface area contributed by atoms with Crippen LogP contribution in [0.15, 0.2) is 48.5 Å². The molecule has 3 rings (SSSR count). The van der Waals surface area contributed by atoms with Crippen LogP contribution in [0.4, 0.5) is 0 Å². The molecule has 0 heterocycles. The monoisotopic (exact) mass is 725 g/mol. The van der Waals surface area contributed by atoms with Crippen molar-refractivity contribution in [2.24, 2.45) is 11.6 Å². The van der Waals surface area contributed by atoms with Crippen LogP contribution in [0.1, 0.15) is 95.4 Å². The molecule has 0 aromatic heterocycles. The Bertz CT molecular complexity index is 1200. The zero-order valence-corrected chi connectivity index (χ0v) is 31.9. The minimum Gasteiger partial charge on any atom is -0.397 e. The first-order valence-electron chi connectivity index (χ1n) is 17.4. The lowest BCUT2D eigenvalue weighted by Gasteiger charge is -2.26. The molecular formula is C36H64N5O8P. The number of hydrazine groups is 1. The molecule has 0 radical (unpaired) electrons. The average molecular weight is 726 g/mol. The van der Waals surface area contributed by atoms with Crippen LogP contribution in [0.3, 0.4) is 0 Å². The van der Waals surface area contributed by atoms with E-state index in [0.29, 0.717) is 83.1 Å². The van der Waals surface area contributed by atoms with E-state index in [1.54, 1.807) is 0 Å². The molecule has 50 heavy (non-hydrogen) atoms. The summed E-state index contributed by atoms with van der Waals surface area (Å²) in [5.74, 6) is 5.56. The number of nitrogens with two attached hydrogens (primary N) is 2. The summed E-state index contributed by atoms with van der Waals surface area (Å²) in [5.41, 5.74) is 14.0. The number of nitrogens with one attached hydrogen (secondary N) is 2. The Morgan fingerprint density at radius 3 is 1.90 bits per heavy atom. The van der Waals surface area contributed by atoms with Crippen molar-refractivity contribution < 1.29 is 38.1 Å². The first-order chi connectivity index (χ1) is 23.9. The molecule has 11 N–H and O–H groups in total. The van der Waals surface area contributed by atoms with Gasteiger partial charge in [-0.3, -0.25) is 15.4 Å². The fraction of sp³-hybridized carbons (Fsp3) is 0.556. The molecule has 0 fully saturated rings. The number of benzene rings is 2. The molecule has 0 saturated carbocycles. The highest BCUT2D eigenvalue weighted by Crippen LogP contribution is 2.36. The van der Waals surface area contributed by atoms with Gasteiger partial charge >= 0.3 is 8.60 Å². The van der Waals surface area contributed by atoms with Crippen LogP contribution < -0.4 is 28.5 Å². The van der Waals surface area contributed by atoms with Crippen molar-refractivity contribution in [3.05, 3.63) is 70.8 Å². The van der Waals surface area contributed by atoms with Gasteiger partial charge in [0.25, 0.3) is 0 Å². The number of carbonyl (C=O) groups is 2. The summed E-state index contributed by atoms with van der Waals surface area (Å²) in [6.45, 7) is 14.7. The smallest absolute Gasteiger partial charge is 0.327 e. The molecule has 1 unspecified atom stereocenters. The summed E-state index contributed by atoms with van der Waals surface area (Å²) in [6, 6.07) is 15.5. The van der Waals surface area contributed by atoms with Crippen molar-refractivity contribution in [2.75, 3.05) is 52.8 Å². The normalized spacial score (nSPS) is 14.3. The summed E-state index contributed by atoms with van der Waals surface area (Å²) in [4.78, 5) is 42.9. The summed E-state index contributed by atoms with van der Waals surface area (Å²) in [5, 5.41) is 2.84. The number of Topliss-reactive ketones (excluding diaryl/α,β-unsaturated/α-hetero) is 1. The Morgan fingerprint density at radius 1 is 0.780 bits per heavy atom. The third-order valence-electron chi connectivity index (χ3n) is 6.96. The minimum atomic E-state index is -2.34. The van der Waals surface area contributed by atoms with Gasteiger partial charge in [0, 0.05) is 36.4 Å². The van der Waals surface area contributed by atoms with Gasteiger partial charge < -0.3 is 51.1 Å². The van der Waals surface area contributed by atoms with E-state index in [2.05, 4.69) is 15.3 Å². The lowest BCUT2D eigenvalue weighted by molar-refractivity contribution is -0.122. The maximum atomic E-state index is 13.5. The van der Waals surface area contributed by atoms with E-state index in [4.69, 9.17) is 35.6 Å². The number of ether oxygens (including phenoxy) is 3. The zero-order chi connectivity index (χ0) is 36.9. The van der Waals surface area contributed by atoms with E-state index in [1.807, 2.05) is 90.1 Å². The van der Waals surface area contributed by atoms with Crippen LogP contribution in [0.25, 0.3) is 11.4 Å². The van der Waals surface area contributed by atoms with Crippen molar-refractivity contribution in [3.8, 4) is 0 Å². The van der Waals surface area contributed by atoms with E-state index in [9.17, 15) is 9.59 Å². The SMILES string of the molecule is CC.CC.CC.N.NN/C1=C(\N)c2ccccc2C(C(=O)CCCCC(=O)NCCOCCOCCOCCOP(O)O)Cc2ccccc21. The number of hydrogen-bond acceptors (Lipinski definition) is 12. The van der Waals surface area contributed by atoms with Crippen LogP contribution in [-0.2, 0) is 34.7 Å². The van der Waals surface area contributed by atoms with Crippen LogP contribution in [-0.4, -0.2) is 74.3 Å². The largest absolute Gasteiger partial charge is 0.397 e. The standard InChI is InChI=1S/C30H43N4O8P.3C2H6.H3N/c31-29-25-10-4-3-9-24(25)26(21-22-7-1-2-8-23(22)30(29)34-32)27(35)11-5-6-12-28(36)33-13-14-39-15-16-40-17-18-41-19-20-42-43(37)38;3*1-2;/h1-4,7-10,26,34,37-38H,5-6,11-21,31-32H2,(H,33,36);3*1-2H3;1H3/b30-29-;;;;. The zero-order valence-electron chi connectivity index (χ0n) is 31.0. The molecule has 0 saturated heterocycles. The van der Waals surface area contributed by atoms with Crippen molar-refractivity contribution in [1.82, 2.24) is 16.9 Å². The van der Waals surface area contributed by atoms with Gasteiger partial charge in [-0.1, -0.05) is 90.1 Å². The van der Waals surface area contributed by atoms with Gasteiger partial charge in [0.1, 0.15) is 5.78 Å². The average Bonchev–Trinajstić information content (AvgIpc) is 3.13. The molecule has 0 aliphatic heterocycles. The van der Waals surface area contributed by atoms with Crippen LogP contribution >= 0.6 is 8.60 Å². The topological polar surface area (TPSA) is 223 Å². The number of fused-ring (bicyclic) bond motifs is 2. The molecule has 0 spiro atoms. The van der Waals surface area contributed by atoms with Gasteiger partial charge in [-0.25, -0.2) is 0 Å². The molecule has 1 aliphatic rings. The highest BCUT2D eigenvalue weighted by Gasteiger charge is 2.28. The summed E-state index contributed by atoms with van der Waals surface area (Å²) in [6.07, 6.45) is 2.47. The van der Waals surface area contributed by atoms with Gasteiger partial charge in [-0.15, -0.1) is 0 Å². The molecule has 286 valence electrons. The van der Waals surface area contributed by atoms with Crippen LogP contribution in [0.5, 0.6) is 0 Å². The van der Waals surface area contributed by atoms with Gasteiger partial charge in [0.15, 0.2) is 0 Å². The van der Waals surface area contributed by atoms with Crippen LogP contribution in [0.2, 0.25) is 0 Å². The summed E-state index contributed by atoms with van der Waals surface area (Å²) >= 11 is 0. The maximum Gasteiger partial charge on any atom is 0.327 e. The molecule has 1 atom stereocenters. The van der Waals surface area contributed by atoms with Crippen molar-refractivity contribution in [3.63, 3.8) is 0 Å². The number of rotatable bonds is 20. The second-order valence-electron chi connectivity index (χ2n) is 9.88. The van der Waals surface area contributed by atoms with Crippen LogP contribution in [0, 0.1) is 0 Å². The van der Waals surface area contributed by atoms with E-state index in [-0.39, 0.29) is 37.0 Å². The van der Waals surface area contributed by atoms with Gasteiger partial charge in [-0.2, -0.15) is 0 Å². The molecule has 13 nitrogen and oxygen atoms in total. The molecule has 0 bridgehead atoms. The molecule has 14 heteroatoms. The lowest BCUT2D eigenvalue weighted by Crippen LogP contribution is -2.28. The number of amides is 1. The van der Waals surface area contributed by atoms with E-state index in [0.717, 1.165) is 22.3 Å². The Kier molecular flexibility index (Phi) is 31.4. The Morgan fingerprint density at radius 2 is 1.30 bits per heavy atom. The van der Waals surface area contributed by atoms with Crippen molar-refractivity contribution in [1.29, 1.82) is 0 Å². The van der Waals surface area contributed by atoms with Gasteiger partial charge in [0.2, 0.25) is 5.91 Å². The minimum absolute atomic E-state index is 0. The Balaban J connectivity index is 0. The number of carbonyl (C=O) groups excluding carboxylic acids is 2. The van der Waals surface area contributed by atoms with Crippen molar-refractivity contribution in [2.45, 2.75) is 79.6 Å². The molecule has 1 aliphatic carbocycles. The molecule has 2 aromatic carbocycles. The number of unbranched alkanes of at least 4 members (excludes halogenated alkanes) is 1. The summed E-state index contributed by atoms with van der Waals surface area (Å²) in [7, 11) is -2.34. The van der Waals surface area contributed by atoms with E-state index < -0.39 is 8.60 Å². The van der Waals surface area contributed by atoms with E-state index in [1.165, 1.54) is 0 Å². The fourth-order valence-corrected chi connectivity index (χ4v) is 5.11. The second kappa shape index (κ2) is 32.0. The first kappa shape index (κ1) is 49.1. The predicted molar refractivity (Wildman–Crippen MR) is 203 cm³/mol. The molecular weight excluding hydrogens is 661 g/mol. The first-order valence-corrected chi connectivity index (χ1v) is 18.6. The fourth-order valence-electron chi connectivity index (χ4n) is 4.87. The maximum absolute atomic E-state index is 13.5. The Hall–Kier alpha value is -2.97. The van der Waals surface area contributed by atoms with Crippen molar-refractivity contribution >= 4 is 31.7 Å². The van der Waals surface area contributed by atoms with Gasteiger partial charge in [-0.05, 0) is 30.4 Å². The quantitative estimate of drug-likeness (QED) is 0.0398. The summed E-state index contributed by atoms with van der Waals surface area (Å²) < 4.78 is 20.6. The Labute approximate surface area is 301 Å². The third kappa shape index (κ3) is 18.9.